The van der Waals surface area contributed by atoms with Crippen LogP contribution in [0.5, 0.6) is 0 Å². The predicted molar refractivity (Wildman–Crippen MR) is 143 cm³/mol. The van der Waals surface area contributed by atoms with Crippen LogP contribution in [0.3, 0.4) is 0 Å². The third-order valence-electron chi connectivity index (χ3n) is 7.11. The third kappa shape index (κ3) is 5.42. The summed E-state index contributed by atoms with van der Waals surface area (Å²) in [7, 11) is 0. The molecule has 3 aromatic heterocycles. The molecule has 2 aliphatic rings. The van der Waals surface area contributed by atoms with Crippen LogP contribution in [0, 0.1) is 5.92 Å². The monoisotopic (exact) mass is 537 g/mol. The number of piperidine rings is 1. The Hall–Kier alpha value is -2.74. The number of aromatic nitrogens is 3. The maximum absolute atomic E-state index is 12.2. The quantitative estimate of drug-likeness (QED) is 0.387. The van der Waals surface area contributed by atoms with Gasteiger partial charge in [0.15, 0.2) is 0 Å². The van der Waals surface area contributed by atoms with E-state index in [4.69, 9.17) is 9.72 Å². The van der Waals surface area contributed by atoms with E-state index in [0.717, 1.165) is 64.1 Å². The summed E-state index contributed by atoms with van der Waals surface area (Å²) in [6, 6.07) is 6.70. The summed E-state index contributed by atoms with van der Waals surface area (Å²) in [6.07, 6.45) is 13.4. The normalized spacial score (nSPS) is 17.5. The fourth-order valence-electron chi connectivity index (χ4n) is 5.22. The smallest absolute Gasteiger partial charge is 0.309 e. The van der Waals surface area contributed by atoms with Crippen LogP contribution in [0.2, 0.25) is 0 Å². The Bertz CT molecular complexity index is 1190. The molecule has 1 saturated carbocycles. The number of nitrogens with one attached hydrogen (secondary N) is 1. The molecular weight excluding hydrogens is 506 g/mol. The Labute approximate surface area is 214 Å². The van der Waals surface area contributed by atoms with Crippen molar-refractivity contribution in [3.63, 3.8) is 0 Å². The highest BCUT2D eigenvalue weighted by atomic mass is 79.9. The van der Waals surface area contributed by atoms with E-state index in [1.54, 1.807) is 0 Å². The first kappa shape index (κ1) is 24.0. The minimum Gasteiger partial charge on any atom is -0.466 e. The molecule has 1 aliphatic heterocycles. The summed E-state index contributed by atoms with van der Waals surface area (Å²) in [5.41, 5.74) is 1.89. The molecule has 4 heterocycles. The third-order valence-corrected chi connectivity index (χ3v) is 7.75. The number of ether oxygens (including phenoxy) is 1. The fourth-order valence-corrected chi connectivity index (χ4v) is 5.64. The van der Waals surface area contributed by atoms with Crippen molar-refractivity contribution < 1.29 is 9.53 Å². The molecule has 0 bridgehead atoms. The zero-order valence-corrected chi connectivity index (χ0v) is 21.8. The van der Waals surface area contributed by atoms with Crippen LogP contribution in [-0.4, -0.2) is 46.7 Å². The number of anilines is 2. The molecule has 1 N–H and O–H groups in total. The van der Waals surface area contributed by atoms with Crippen molar-refractivity contribution in [1.29, 1.82) is 0 Å². The SMILES string of the molecule is CCOC(=O)C1CCN(c2nc(-c3cc(NC4CCCCC4)ncc3Br)cc3cnccc23)CC1. The first-order valence-electron chi connectivity index (χ1n) is 12.7. The lowest BCUT2D eigenvalue weighted by atomic mass is 9.95. The average molecular weight is 538 g/mol. The van der Waals surface area contributed by atoms with Crippen molar-refractivity contribution in [2.45, 2.75) is 57.9 Å². The first-order chi connectivity index (χ1) is 17.1. The lowest BCUT2D eigenvalue weighted by Gasteiger charge is -2.32. The molecule has 0 unspecified atom stereocenters. The van der Waals surface area contributed by atoms with Gasteiger partial charge in [0, 0.05) is 58.5 Å². The summed E-state index contributed by atoms with van der Waals surface area (Å²) < 4.78 is 6.16. The van der Waals surface area contributed by atoms with Crippen LogP contribution in [0.25, 0.3) is 22.0 Å². The average Bonchev–Trinajstić information content (AvgIpc) is 2.90. The van der Waals surface area contributed by atoms with Crippen molar-refractivity contribution in [2.24, 2.45) is 5.92 Å². The highest BCUT2D eigenvalue weighted by molar-refractivity contribution is 9.10. The largest absolute Gasteiger partial charge is 0.466 e. The molecular formula is C27H32BrN5O2. The molecule has 3 aromatic rings. The molecule has 0 radical (unpaired) electrons. The zero-order valence-electron chi connectivity index (χ0n) is 20.2. The summed E-state index contributed by atoms with van der Waals surface area (Å²) in [5, 5.41) is 5.75. The van der Waals surface area contributed by atoms with Gasteiger partial charge in [-0.1, -0.05) is 19.3 Å². The maximum atomic E-state index is 12.2. The number of fused-ring (bicyclic) bond motifs is 1. The van der Waals surface area contributed by atoms with Crippen LogP contribution >= 0.6 is 15.9 Å². The summed E-state index contributed by atoms with van der Waals surface area (Å²) in [6.45, 7) is 3.82. The van der Waals surface area contributed by atoms with Crippen molar-refractivity contribution in [3.05, 3.63) is 41.3 Å². The number of hydrogen-bond donors (Lipinski definition) is 1. The van der Waals surface area contributed by atoms with E-state index in [9.17, 15) is 4.79 Å². The number of carbonyl (C=O) groups is 1. The molecule has 0 aromatic carbocycles. The topological polar surface area (TPSA) is 80.2 Å². The van der Waals surface area contributed by atoms with Gasteiger partial charge in [-0.25, -0.2) is 9.97 Å². The van der Waals surface area contributed by atoms with E-state index in [0.29, 0.717) is 12.6 Å². The standard InChI is InChI=1S/C27H32BrN5O2/c1-2-35-27(34)18-9-12-33(13-10-18)26-21-8-11-29-16-19(21)14-24(32-26)22-15-25(30-17-23(22)28)31-20-6-4-3-5-7-20/h8,11,14-18,20H,2-7,9-10,12-13H2,1H3,(H,30,31). The van der Waals surface area contributed by atoms with E-state index in [1.807, 2.05) is 31.6 Å². The Morgan fingerprint density at radius 1 is 1.14 bits per heavy atom. The van der Waals surface area contributed by atoms with E-state index < -0.39 is 0 Å². The molecule has 8 heteroatoms. The highest BCUT2D eigenvalue weighted by Crippen LogP contribution is 2.35. The molecule has 0 spiro atoms. The number of rotatable bonds is 6. The van der Waals surface area contributed by atoms with Gasteiger partial charge in [-0.2, -0.15) is 0 Å². The van der Waals surface area contributed by atoms with Gasteiger partial charge in [0.25, 0.3) is 0 Å². The Morgan fingerprint density at radius 2 is 1.94 bits per heavy atom. The molecule has 0 amide bonds. The van der Waals surface area contributed by atoms with Gasteiger partial charge < -0.3 is 15.0 Å². The summed E-state index contributed by atoms with van der Waals surface area (Å²) in [5.74, 6) is 1.71. The Kier molecular flexibility index (Phi) is 7.46. The summed E-state index contributed by atoms with van der Waals surface area (Å²) in [4.78, 5) is 28.6. The second kappa shape index (κ2) is 10.9. The van der Waals surface area contributed by atoms with E-state index in [-0.39, 0.29) is 11.9 Å². The number of pyridine rings is 3. The second-order valence-electron chi connectivity index (χ2n) is 9.47. The van der Waals surface area contributed by atoms with Gasteiger partial charge in [-0.05, 0) is 66.7 Å². The van der Waals surface area contributed by atoms with Gasteiger partial charge in [0.1, 0.15) is 11.6 Å². The van der Waals surface area contributed by atoms with Crippen molar-refractivity contribution in [1.82, 2.24) is 15.0 Å². The van der Waals surface area contributed by atoms with Crippen LogP contribution in [-0.2, 0) is 9.53 Å². The lowest BCUT2D eigenvalue weighted by molar-refractivity contribution is -0.148. The molecule has 2 fully saturated rings. The molecule has 1 saturated heterocycles. The van der Waals surface area contributed by atoms with Gasteiger partial charge in [-0.3, -0.25) is 9.78 Å². The predicted octanol–water partition coefficient (Wildman–Crippen LogP) is 5.98. The Morgan fingerprint density at radius 3 is 2.71 bits per heavy atom. The van der Waals surface area contributed by atoms with E-state index in [1.165, 1.54) is 32.1 Å². The van der Waals surface area contributed by atoms with E-state index in [2.05, 4.69) is 48.2 Å². The summed E-state index contributed by atoms with van der Waals surface area (Å²) >= 11 is 3.70. The molecule has 5 rings (SSSR count). The van der Waals surface area contributed by atoms with Crippen molar-refractivity contribution >= 4 is 44.3 Å². The van der Waals surface area contributed by atoms with Gasteiger partial charge in [0.2, 0.25) is 0 Å². The molecule has 35 heavy (non-hydrogen) atoms. The Balaban J connectivity index is 1.45. The number of nitrogens with zero attached hydrogens (tertiary/aromatic N) is 4. The molecule has 1 aliphatic carbocycles. The van der Waals surface area contributed by atoms with Crippen LogP contribution < -0.4 is 10.2 Å². The van der Waals surface area contributed by atoms with Gasteiger partial charge in [0.05, 0.1) is 18.2 Å². The van der Waals surface area contributed by atoms with Crippen molar-refractivity contribution in [2.75, 3.05) is 29.9 Å². The number of halogens is 1. The number of esters is 1. The minimum absolute atomic E-state index is 0.0370. The molecule has 7 nitrogen and oxygen atoms in total. The van der Waals surface area contributed by atoms with Gasteiger partial charge in [-0.15, -0.1) is 0 Å². The number of carbonyl (C=O) groups excluding carboxylic acids is 1. The lowest BCUT2D eigenvalue weighted by Crippen LogP contribution is -2.37. The second-order valence-corrected chi connectivity index (χ2v) is 10.3. The van der Waals surface area contributed by atoms with Crippen LogP contribution in [0.1, 0.15) is 51.9 Å². The molecule has 0 atom stereocenters. The molecule has 184 valence electrons. The van der Waals surface area contributed by atoms with Crippen LogP contribution in [0.15, 0.2) is 41.3 Å². The maximum Gasteiger partial charge on any atom is 0.309 e. The first-order valence-corrected chi connectivity index (χ1v) is 13.5. The fraction of sp³-hybridized carbons (Fsp3) is 0.481. The van der Waals surface area contributed by atoms with Crippen LogP contribution in [0.4, 0.5) is 11.6 Å². The zero-order chi connectivity index (χ0) is 24.2. The minimum atomic E-state index is -0.0818. The van der Waals surface area contributed by atoms with Crippen molar-refractivity contribution in [3.8, 4) is 11.3 Å². The number of hydrogen-bond acceptors (Lipinski definition) is 7. The highest BCUT2D eigenvalue weighted by Gasteiger charge is 2.28. The van der Waals surface area contributed by atoms with Gasteiger partial charge >= 0.3 is 5.97 Å². The van der Waals surface area contributed by atoms with E-state index >= 15 is 0 Å².